The lowest BCUT2D eigenvalue weighted by Crippen LogP contribution is -2.15. The number of hydrogen-bond acceptors (Lipinski definition) is 2. The van der Waals surface area contributed by atoms with Crippen LogP contribution in [0.4, 0.5) is 0 Å². The molecule has 17 heavy (non-hydrogen) atoms. The number of aromatic hydroxyl groups is 1. The molecule has 1 aromatic carbocycles. The van der Waals surface area contributed by atoms with E-state index in [0.717, 1.165) is 27.6 Å². The fourth-order valence-corrected chi connectivity index (χ4v) is 2.37. The van der Waals surface area contributed by atoms with E-state index in [1.807, 2.05) is 13.8 Å². The number of phenolic OH excluding ortho intramolecular Hbond substituents is 1. The molecule has 2 nitrogen and oxygen atoms in total. The van der Waals surface area contributed by atoms with Crippen LogP contribution in [0.2, 0.25) is 0 Å². The first-order chi connectivity index (χ1) is 7.34. The zero-order valence-electron chi connectivity index (χ0n) is 10.7. The van der Waals surface area contributed by atoms with Crippen LogP contribution in [0.1, 0.15) is 43.0 Å². The van der Waals surface area contributed by atoms with Crippen LogP contribution >= 0.6 is 28.3 Å². The Labute approximate surface area is 118 Å². The first kappa shape index (κ1) is 16.8. The Balaban J connectivity index is 0.00000256. The minimum absolute atomic E-state index is 0. The van der Waals surface area contributed by atoms with Crippen molar-refractivity contribution in [1.82, 2.24) is 0 Å². The van der Waals surface area contributed by atoms with Crippen LogP contribution in [-0.4, -0.2) is 5.11 Å². The maximum Gasteiger partial charge on any atom is 0.120 e. The molecule has 1 rings (SSSR count). The van der Waals surface area contributed by atoms with Gasteiger partial charge in [-0.15, -0.1) is 12.4 Å². The van der Waals surface area contributed by atoms with Crippen molar-refractivity contribution in [3.05, 3.63) is 27.2 Å². The van der Waals surface area contributed by atoms with Crippen LogP contribution < -0.4 is 5.73 Å². The summed E-state index contributed by atoms with van der Waals surface area (Å²) < 4.78 is 1.04. The summed E-state index contributed by atoms with van der Waals surface area (Å²) in [6, 6.07) is 1.67. The van der Waals surface area contributed by atoms with E-state index in [1.54, 1.807) is 6.07 Å². The Morgan fingerprint density at radius 3 is 2.35 bits per heavy atom. The number of rotatable bonds is 3. The summed E-state index contributed by atoms with van der Waals surface area (Å²) in [4.78, 5) is 0. The molecular formula is C13H21BrClNO. The molecular weight excluding hydrogens is 302 g/mol. The maximum absolute atomic E-state index is 9.98. The van der Waals surface area contributed by atoms with Gasteiger partial charge in [0, 0.05) is 16.1 Å². The van der Waals surface area contributed by atoms with Crippen LogP contribution in [-0.2, 0) is 0 Å². The van der Waals surface area contributed by atoms with Gasteiger partial charge < -0.3 is 10.8 Å². The average molecular weight is 323 g/mol. The molecule has 0 saturated carbocycles. The highest BCUT2D eigenvalue weighted by molar-refractivity contribution is 9.10. The van der Waals surface area contributed by atoms with Crippen molar-refractivity contribution in [2.45, 2.75) is 40.2 Å². The molecule has 0 aliphatic rings. The third-order valence-electron chi connectivity index (χ3n) is 2.80. The van der Waals surface area contributed by atoms with Gasteiger partial charge in [-0.2, -0.15) is 0 Å². The molecule has 0 spiro atoms. The van der Waals surface area contributed by atoms with Gasteiger partial charge in [-0.1, -0.05) is 29.8 Å². The predicted molar refractivity (Wildman–Crippen MR) is 78.9 cm³/mol. The first-order valence-corrected chi connectivity index (χ1v) is 6.38. The van der Waals surface area contributed by atoms with E-state index >= 15 is 0 Å². The monoisotopic (exact) mass is 321 g/mol. The van der Waals surface area contributed by atoms with Crippen LogP contribution in [0.3, 0.4) is 0 Å². The predicted octanol–water partition coefficient (Wildman–Crippen LogP) is 4.24. The van der Waals surface area contributed by atoms with E-state index in [9.17, 15) is 5.11 Å². The highest BCUT2D eigenvalue weighted by Crippen LogP contribution is 2.36. The maximum atomic E-state index is 9.98. The van der Waals surface area contributed by atoms with E-state index in [4.69, 9.17) is 5.73 Å². The highest BCUT2D eigenvalue weighted by atomic mass is 79.9. The van der Waals surface area contributed by atoms with E-state index in [1.165, 1.54) is 0 Å². The van der Waals surface area contributed by atoms with Crippen LogP contribution in [0.5, 0.6) is 5.75 Å². The second kappa shape index (κ2) is 6.62. The van der Waals surface area contributed by atoms with E-state index in [-0.39, 0.29) is 18.4 Å². The van der Waals surface area contributed by atoms with Crippen molar-refractivity contribution >= 4 is 28.3 Å². The molecule has 0 amide bonds. The van der Waals surface area contributed by atoms with Gasteiger partial charge in [-0.25, -0.2) is 0 Å². The molecule has 0 heterocycles. The third kappa shape index (κ3) is 3.87. The summed E-state index contributed by atoms with van der Waals surface area (Å²) in [7, 11) is 0. The number of hydrogen-bond donors (Lipinski definition) is 2. The zero-order valence-corrected chi connectivity index (χ0v) is 13.2. The van der Waals surface area contributed by atoms with Gasteiger partial charge in [0.15, 0.2) is 0 Å². The molecule has 4 heteroatoms. The summed E-state index contributed by atoms with van der Waals surface area (Å²) in [5.74, 6) is 0.834. The van der Waals surface area contributed by atoms with Crippen LogP contribution in [0, 0.1) is 19.8 Å². The topological polar surface area (TPSA) is 46.2 Å². The van der Waals surface area contributed by atoms with Gasteiger partial charge in [-0.05, 0) is 43.4 Å². The Bertz CT molecular complexity index is 393. The quantitative estimate of drug-likeness (QED) is 0.874. The largest absolute Gasteiger partial charge is 0.508 e. The van der Waals surface area contributed by atoms with Crippen molar-refractivity contribution in [2.24, 2.45) is 11.7 Å². The van der Waals surface area contributed by atoms with Gasteiger partial charge in [0.2, 0.25) is 0 Å². The Morgan fingerprint density at radius 2 is 1.88 bits per heavy atom. The van der Waals surface area contributed by atoms with Crippen molar-refractivity contribution in [2.75, 3.05) is 0 Å². The lowest BCUT2D eigenvalue weighted by Gasteiger charge is -2.20. The first-order valence-electron chi connectivity index (χ1n) is 5.58. The second-order valence-corrected chi connectivity index (χ2v) is 5.59. The fraction of sp³-hybridized carbons (Fsp3) is 0.538. The normalized spacial score (nSPS) is 12.4. The van der Waals surface area contributed by atoms with Crippen molar-refractivity contribution in [1.29, 1.82) is 0 Å². The van der Waals surface area contributed by atoms with Crippen molar-refractivity contribution in [3.63, 3.8) is 0 Å². The number of benzene rings is 1. The van der Waals surface area contributed by atoms with Gasteiger partial charge >= 0.3 is 0 Å². The van der Waals surface area contributed by atoms with Crippen LogP contribution in [0.25, 0.3) is 0 Å². The average Bonchev–Trinajstić information content (AvgIpc) is 2.13. The molecule has 0 aliphatic carbocycles. The Morgan fingerprint density at radius 1 is 1.35 bits per heavy atom. The molecule has 0 radical (unpaired) electrons. The summed E-state index contributed by atoms with van der Waals surface area (Å²) in [6.45, 7) is 8.23. The molecule has 0 unspecified atom stereocenters. The van der Waals surface area contributed by atoms with Gasteiger partial charge in [0.25, 0.3) is 0 Å². The van der Waals surface area contributed by atoms with Crippen molar-refractivity contribution < 1.29 is 5.11 Å². The van der Waals surface area contributed by atoms with E-state index in [0.29, 0.717) is 11.7 Å². The van der Waals surface area contributed by atoms with E-state index in [2.05, 4.69) is 29.8 Å². The number of phenols is 1. The molecule has 1 atom stereocenters. The summed E-state index contributed by atoms with van der Waals surface area (Å²) in [5.41, 5.74) is 9.09. The lowest BCUT2D eigenvalue weighted by molar-refractivity contribution is 0.443. The minimum atomic E-state index is -0.100. The smallest absolute Gasteiger partial charge is 0.120 e. The van der Waals surface area contributed by atoms with E-state index < -0.39 is 0 Å². The molecule has 0 aliphatic heterocycles. The SMILES string of the molecule is Cc1cc(O)c([C@@H](N)CC(C)C)c(C)c1Br.Cl. The lowest BCUT2D eigenvalue weighted by atomic mass is 9.93. The molecule has 3 N–H and O–H groups in total. The Kier molecular flexibility index (Phi) is 6.52. The fourth-order valence-electron chi connectivity index (χ4n) is 2.05. The molecule has 0 fully saturated rings. The minimum Gasteiger partial charge on any atom is -0.508 e. The molecule has 0 saturated heterocycles. The zero-order chi connectivity index (χ0) is 12.5. The summed E-state index contributed by atoms with van der Waals surface area (Å²) >= 11 is 3.53. The molecule has 0 bridgehead atoms. The van der Waals surface area contributed by atoms with Gasteiger partial charge in [-0.3, -0.25) is 0 Å². The molecule has 0 aromatic heterocycles. The second-order valence-electron chi connectivity index (χ2n) is 4.80. The molecule has 98 valence electrons. The highest BCUT2D eigenvalue weighted by Gasteiger charge is 2.18. The molecule has 1 aromatic rings. The number of nitrogens with two attached hydrogens (primary N) is 1. The van der Waals surface area contributed by atoms with Gasteiger partial charge in [0.1, 0.15) is 5.75 Å². The number of halogens is 2. The van der Waals surface area contributed by atoms with Crippen LogP contribution in [0.15, 0.2) is 10.5 Å². The Hall–Kier alpha value is -0.250. The van der Waals surface area contributed by atoms with Gasteiger partial charge in [0.05, 0.1) is 0 Å². The summed E-state index contributed by atoms with van der Waals surface area (Å²) in [6.07, 6.45) is 0.879. The standard InChI is InChI=1S/C13H20BrNO.ClH/c1-7(2)5-10(15)12-9(4)13(14)8(3)6-11(12)16;/h6-7,10,16H,5,15H2,1-4H3;1H/t10-;/m0./s1. The number of aryl methyl sites for hydroxylation is 1. The third-order valence-corrected chi connectivity index (χ3v) is 4.02. The van der Waals surface area contributed by atoms with Crippen molar-refractivity contribution in [3.8, 4) is 5.75 Å². The summed E-state index contributed by atoms with van der Waals surface area (Å²) in [5, 5.41) is 9.98.